The second-order valence-corrected chi connectivity index (χ2v) is 10.6. The van der Waals surface area contributed by atoms with Gasteiger partial charge in [0.25, 0.3) is 0 Å². The van der Waals surface area contributed by atoms with Gasteiger partial charge >= 0.3 is 0 Å². The number of thiophene rings is 1. The van der Waals surface area contributed by atoms with Crippen LogP contribution in [0.3, 0.4) is 0 Å². The number of rotatable bonds is 6. The van der Waals surface area contributed by atoms with E-state index in [2.05, 4.69) is 36.3 Å². The van der Waals surface area contributed by atoms with E-state index < -0.39 is 0 Å². The Labute approximate surface area is 174 Å². The molecular formula is C18H16Cl2N2OS3. The summed E-state index contributed by atoms with van der Waals surface area (Å²) in [4.78, 5) is 17.9. The Morgan fingerprint density at radius 2 is 2.00 bits per heavy atom. The third-order valence-corrected chi connectivity index (χ3v) is 6.60. The van der Waals surface area contributed by atoms with Crippen molar-refractivity contribution >= 4 is 68.7 Å². The standard InChI is InChI=1S/C18H16Cl2N2OS3/c1-10(2)25-12-5-3-11(4-6-12)7-16(23)22-18-21-14(9-24-18)13-8-15(19)26-17(13)20/h3-6,8-10H,7H2,1-2H3,(H,21,22,23). The Hall–Kier alpha value is -1.05. The minimum Gasteiger partial charge on any atom is -0.302 e. The van der Waals surface area contributed by atoms with Crippen LogP contribution in [0, 0.1) is 0 Å². The van der Waals surface area contributed by atoms with Gasteiger partial charge in [0, 0.05) is 21.1 Å². The number of anilines is 1. The van der Waals surface area contributed by atoms with Gasteiger partial charge in [-0.05, 0) is 23.8 Å². The molecule has 0 radical (unpaired) electrons. The summed E-state index contributed by atoms with van der Waals surface area (Å²) in [7, 11) is 0. The van der Waals surface area contributed by atoms with Crippen LogP contribution in [0.15, 0.2) is 40.6 Å². The van der Waals surface area contributed by atoms with E-state index in [0.29, 0.717) is 31.2 Å². The molecule has 0 aliphatic carbocycles. The number of carbonyl (C=O) groups excluding carboxylic acids is 1. The molecule has 0 aliphatic rings. The molecule has 2 aromatic heterocycles. The summed E-state index contributed by atoms with van der Waals surface area (Å²) in [5, 5.41) is 5.79. The van der Waals surface area contributed by atoms with Crippen LogP contribution in [0.2, 0.25) is 8.67 Å². The third kappa shape index (κ3) is 5.24. The van der Waals surface area contributed by atoms with Gasteiger partial charge in [0.2, 0.25) is 5.91 Å². The van der Waals surface area contributed by atoms with Crippen LogP contribution in [-0.2, 0) is 11.2 Å². The van der Waals surface area contributed by atoms with Crippen LogP contribution in [-0.4, -0.2) is 16.1 Å². The summed E-state index contributed by atoms with van der Waals surface area (Å²) in [5.74, 6) is -0.0930. The van der Waals surface area contributed by atoms with Crippen molar-refractivity contribution < 1.29 is 4.79 Å². The highest BCUT2D eigenvalue weighted by molar-refractivity contribution is 7.99. The summed E-state index contributed by atoms with van der Waals surface area (Å²) < 4.78 is 1.21. The van der Waals surface area contributed by atoms with Crippen LogP contribution in [0.25, 0.3) is 11.3 Å². The lowest BCUT2D eigenvalue weighted by molar-refractivity contribution is -0.115. The van der Waals surface area contributed by atoms with Gasteiger partial charge in [-0.1, -0.05) is 49.2 Å². The second kappa shape index (κ2) is 8.76. The van der Waals surface area contributed by atoms with Crippen LogP contribution in [0.5, 0.6) is 0 Å². The van der Waals surface area contributed by atoms with E-state index in [9.17, 15) is 4.79 Å². The van der Waals surface area contributed by atoms with Gasteiger partial charge in [-0.2, -0.15) is 0 Å². The molecule has 1 N–H and O–H groups in total. The number of aromatic nitrogens is 1. The first-order chi connectivity index (χ1) is 12.4. The fraction of sp³-hybridized carbons (Fsp3) is 0.222. The van der Waals surface area contributed by atoms with Gasteiger partial charge in [0.15, 0.2) is 5.13 Å². The molecule has 0 spiro atoms. The highest BCUT2D eigenvalue weighted by atomic mass is 35.5. The van der Waals surface area contributed by atoms with Crippen LogP contribution in [0.1, 0.15) is 19.4 Å². The van der Waals surface area contributed by atoms with Crippen molar-refractivity contribution in [1.82, 2.24) is 4.98 Å². The average molecular weight is 443 g/mol. The molecule has 8 heteroatoms. The summed E-state index contributed by atoms with van der Waals surface area (Å²) >= 11 is 16.6. The SMILES string of the molecule is CC(C)Sc1ccc(CC(=O)Nc2nc(-c3cc(Cl)sc3Cl)cs2)cc1. The fourth-order valence-corrected chi connectivity index (χ4v) is 5.32. The molecule has 1 aromatic carbocycles. The quantitative estimate of drug-likeness (QED) is 0.423. The Bertz CT molecular complexity index is 904. The molecule has 3 aromatic rings. The highest BCUT2D eigenvalue weighted by Crippen LogP contribution is 2.39. The van der Waals surface area contributed by atoms with Crippen molar-refractivity contribution in [3.8, 4) is 11.3 Å². The molecule has 0 unspecified atom stereocenters. The van der Waals surface area contributed by atoms with E-state index in [0.717, 1.165) is 11.1 Å². The van der Waals surface area contributed by atoms with E-state index >= 15 is 0 Å². The van der Waals surface area contributed by atoms with Gasteiger partial charge in [-0.3, -0.25) is 4.79 Å². The lowest BCUT2D eigenvalue weighted by Gasteiger charge is -2.06. The number of carbonyl (C=O) groups is 1. The van der Waals surface area contributed by atoms with Gasteiger partial charge in [-0.25, -0.2) is 4.98 Å². The molecule has 0 aliphatic heterocycles. The Morgan fingerprint density at radius 3 is 2.62 bits per heavy atom. The number of thiazole rings is 1. The molecule has 0 saturated carbocycles. The smallest absolute Gasteiger partial charge is 0.230 e. The molecule has 136 valence electrons. The molecule has 3 nitrogen and oxygen atoms in total. The maximum atomic E-state index is 12.3. The number of benzene rings is 1. The largest absolute Gasteiger partial charge is 0.302 e. The highest BCUT2D eigenvalue weighted by Gasteiger charge is 2.13. The number of thioether (sulfide) groups is 1. The van der Waals surface area contributed by atoms with Crippen molar-refractivity contribution in [1.29, 1.82) is 0 Å². The minimum absolute atomic E-state index is 0.0930. The van der Waals surface area contributed by atoms with Crippen molar-refractivity contribution in [2.24, 2.45) is 0 Å². The number of hydrogen-bond acceptors (Lipinski definition) is 5. The maximum absolute atomic E-state index is 12.3. The van der Waals surface area contributed by atoms with E-state index in [1.54, 1.807) is 17.8 Å². The normalized spacial score (nSPS) is 11.1. The lowest BCUT2D eigenvalue weighted by atomic mass is 10.1. The number of halogens is 2. The topological polar surface area (TPSA) is 42.0 Å². The molecule has 2 heterocycles. The monoisotopic (exact) mass is 442 g/mol. The fourth-order valence-electron chi connectivity index (χ4n) is 2.28. The number of nitrogens with zero attached hydrogens (tertiary/aromatic N) is 1. The van der Waals surface area contributed by atoms with Crippen LogP contribution < -0.4 is 5.32 Å². The van der Waals surface area contributed by atoms with Gasteiger partial charge in [0.05, 0.1) is 16.5 Å². The van der Waals surface area contributed by atoms with Crippen molar-refractivity contribution in [3.05, 3.63) is 49.9 Å². The predicted octanol–water partition coefficient (Wildman–Crippen LogP) is 6.86. The van der Waals surface area contributed by atoms with E-state index in [1.165, 1.54) is 27.6 Å². The summed E-state index contributed by atoms with van der Waals surface area (Å²) in [6.07, 6.45) is 0.312. The average Bonchev–Trinajstić information content (AvgIpc) is 3.14. The van der Waals surface area contributed by atoms with Gasteiger partial charge < -0.3 is 5.32 Å². The first kappa shape index (κ1) is 19.7. The van der Waals surface area contributed by atoms with Gasteiger partial charge in [0.1, 0.15) is 4.34 Å². The maximum Gasteiger partial charge on any atom is 0.230 e. The summed E-state index contributed by atoms with van der Waals surface area (Å²) in [5.41, 5.74) is 2.48. The number of nitrogens with one attached hydrogen (secondary N) is 1. The molecular weight excluding hydrogens is 427 g/mol. The molecule has 0 saturated heterocycles. The Kier molecular flexibility index (Phi) is 6.64. The molecule has 0 bridgehead atoms. The zero-order chi connectivity index (χ0) is 18.7. The van der Waals surface area contributed by atoms with Crippen molar-refractivity contribution in [2.75, 3.05) is 5.32 Å². The third-order valence-electron chi connectivity index (χ3n) is 3.34. The Morgan fingerprint density at radius 1 is 1.27 bits per heavy atom. The first-order valence-electron chi connectivity index (χ1n) is 7.87. The number of amides is 1. The van der Waals surface area contributed by atoms with Crippen LogP contribution in [0.4, 0.5) is 5.13 Å². The Balaban J connectivity index is 1.61. The van der Waals surface area contributed by atoms with Gasteiger partial charge in [-0.15, -0.1) is 34.4 Å². The van der Waals surface area contributed by atoms with Crippen LogP contribution >= 0.6 is 57.6 Å². The zero-order valence-corrected chi connectivity index (χ0v) is 18.0. The summed E-state index contributed by atoms with van der Waals surface area (Å²) in [6.45, 7) is 4.32. The van der Waals surface area contributed by atoms with E-state index in [1.807, 2.05) is 17.5 Å². The molecule has 1 amide bonds. The first-order valence-corrected chi connectivity index (χ1v) is 11.2. The van der Waals surface area contributed by atoms with E-state index in [4.69, 9.17) is 23.2 Å². The molecule has 26 heavy (non-hydrogen) atoms. The minimum atomic E-state index is -0.0930. The second-order valence-electron chi connectivity index (χ2n) is 5.81. The predicted molar refractivity (Wildman–Crippen MR) is 115 cm³/mol. The molecule has 0 atom stereocenters. The summed E-state index contributed by atoms with van der Waals surface area (Å²) in [6, 6.07) is 9.87. The number of hydrogen-bond donors (Lipinski definition) is 1. The molecule has 3 rings (SSSR count). The van der Waals surface area contributed by atoms with Crippen molar-refractivity contribution in [2.45, 2.75) is 30.4 Å². The zero-order valence-electron chi connectivity index (χ0n) is 14.1. The van der Waals surface area contributed by atoms with E-state index in [-0.39, 0.29) is 5.91 Å². The lowest BCUT2D eigenvalue weighted by Crippen LogP contribution is -2.14. The van der Waals surface area contributed by atoms with Crippen molar-refractivity contribution in [3.63, 3.8) is 0 Å². The molecule has 0 fully saturated rings.